The summed E-state index contributed by atoms with van der Waals surface area (Å²) >= 11 is 0. The highest BCUT2D eigenvalue weighted by Gasteiger charge is 2.59. The van der Waals surface area contributed by atoms with Crippen LogP contribution >= 0.6 is 0 Å². The number of carboxylic acid groups (broad SMARTS) is 1. The predicted molar refractivity (Wildman–Crippen MR) is 54.1 cm³/mol. The molecule has 0 aromatic carbocycles. The zero-order valence-corrected chi connectivity index (χ0v) is 10.1. The number of aliphatic carboxylic acids is 1. The highest BCUT2D eigenvalue weighted by atomic mass is 19.3. The number of rotatable bonds is 1. The number of amides is 2. The number of likely N-dealkylation sites (tertiary alicyclic amines) is 1. The lowest BCUT2D eigenvalue weighted by Gasteiger charge is -2.25. The third-order valence-electron chi connectivity index (χ3n) is 2.17. The topological polar surface area (TPSA) is 83.9 Å². The van der Waals surface area contributed by atoms with Crippen LogP contribution in [0.1, 0.15) is 27.2 Å². The number of carboxylic acids is 1. The molecule has 0 bridgehead atoms. The summed E-state index contributed by atoms with van der Waals surface area (Å²) in [4.78, 5) is 33.6. The first kappa shape index (κ1) is 14.3. The van der Waals surface area contributed by atoms with E-state index in [2.05, 4.69) is 0 Å². The molecule has 1 N–H and O–H groups in total. The van der Waals surface area contributed by atoms with Gasteiger partial charge in [-0.15, -0.1) is 0 Å². The predicted octanol–water partition coefficient (Wildman–Crippen LogP) is 1.24. The first-order valence-corrected chi connectivity index (χ1v) is 5.13. The van der Waals surface area contributed by atoms with E-state index in [1.165, 1.54) is 20.8 Å². The molecule has 1 atom stereocenters. The first-order valence-electron chi connectivity index (χ1n) is 5.13. The molecule has 1 rings (SSSR count). The van der Waals surface area contributed by atoms with Crippen LogP contribution in [-0.2, 0) is 14.3 Å². The van der Waals surface area contributed by atoms with E-state index in [0.717, 1.165) is 0 Å². The van der Waals surface area contributed by atoms with E-state index in [1.807, 2.05) is 0 Å². The Morgan fingerprint density at radius 1 is 1.44 bits per heavy atom. The number of alkyl halides is 2. The molecule has 1 aliphatic rings. The minimum Gasteiger partial charge on any atom is -0.480 e. The number of carbonyl (C=O) groups is 3. The van der Waals surface area contributed by atoms with Gasteiger partial charge in [0.05, 0.1) is 6.42 Å². The minimum absolute atomic E-state index is 0.0341. The Labute approximate surface area is 102 Å². The first-order chi connectivity index (χ1) is 7.96. The van der Waals surface area contributed by atoms with Crippen molar-refractivity contribution in [2.24, 2.45) is 0 Å². The maximum atomic E-state index is 13.1. The summed E-state index contributed by atoms with van der Waals surface area (Å²) < 4.78 is 31.0. The van der Waals surface area contributed by atoms with Crippen LogP contribution in [0, 0.1) is 0 Å². The van der Waals surface area contributed by atoms with Crippen molar-refractivity contribution in [2.75, 3.05) is 0 Å². The number of halogens is 2. The van der Waals surface area contributed by atoms with Crippen LogP contribution in [-0.4, -0.2) is 45.5 Å². The largest absolute Gasteiger partial charge is 0.480 e. The molecule has 0 radical (unpaired) electrons. The van der Waals surface area contributed by atoms with Gasteiger partial charge in [-0.3, -0.25) is 4.79 Å². The van der Waals surface area contributed by atoms with Crippen LogP contribution in [0.3, 0.4) is 0 Å². The second-order valence-electron chi connectivity index (χ2n) is 4.92. The Kier molecular flexibility index (Phi) is 3.33. The SMILES string of the molecule is CC(C)(C)OC(=O)N1C(=O)C(F)(F)CC1C(=O)O. The minimum atomic E-state index is -3.86. The smallest absolute Gasteiger partial charge is 0.418 e. The van der Waals surface area contributed by atoms with Gasteiger partial charge >= 0.3 is 23.9 Å². The molecule has 1 fully saturated rings. The molecule has 1 unspecified atom stereocenters. The maximum Gasteiger partial charge on any atom is 0.418 e. The zero-order chi connectivity index (χ0) is 14.3. The highest BCUT2D eigenvalue weighted by molar-refractivity contribution is 6.02. The van der Waals surface area contributed by atoms with Crippen molar-refractivity contribution in [3.63, 3.8) is 0 Å². The van der Waals surface area contributed by atoms with Crippen LogP contribution in [0.4, 0.5) is 13.6 Å². The molecule has 0 aliphatic carbocycles. The van der Waals surface area contributed by atoms with Gasteiger partial charge in [-0.1, -0.05) is 0 Å². The quantitative estimate of drug-likeness (QED) is 0.771. The van der Waals surface area contributed by atoms with Gasteiger partial charge in [0, 0.05) is 0 Å². The van der Waals surface area contributed by atoms with Gasteiger partial charge in [0.15, 0.2) is 0 Å². The summed E-state index contributed by atoms with van der Waals surface area (Å²) in [5.41, 5.74) is -1.02. The molecule has 0 aromatic rings. The fraction of sp³-hybridized carbons (Fsp3) is 0.700. The summed E-state index contributed by atoms with van der Waals surface area (Å²) in [6.45, 7) is 4.41. The monoisotopic (exact) mass is 265 g/mol. The second-order valence-corrected chi connectivity index (χ2v) is 4.92. The lowest BCUT2D eigenvalue weighted by Crippen LogP contribution is -2.46. The Morgan fingerprint density at radius 2 is 1.94 bits per heavy atom. The Balaban J connectivity index is 3.00. The number of nitrogens with zero attached hydrogens (tertiary/aromatic N) is 1. The Morgan fingerprint density at radius 3 is 2.33 bits per heavy atom. The lowest BCUT2D eigenvalue weighted by molar-refractivity contribution is -0.150. The third kappa shape index (κ3) is 2.74. The van der Waals surface area contributed by atoms with Crippen molar-refractivity contribution in [1.29, 1.82) is 0 Å². The highest BCUT2D eigenvalue weighted by Crippen LogP contribution is 2.34. The van der Waals surface area contributed by atoms with Gasteiger partial charge in [-0.05, 0) is 20.8 Å². The van der Waals surface area contributed by atoms with E-state index in [9.17, 15) is 23.2 Å². The molecule has 2 amide bonds. The second kappa shape index (κ2) is 4.18. The van der Waals surface area contributed by atoms with Crippen molar-refractivity contribution >= 4 is 18.0 Å². The number of ether oxygens (including phenoxy) is 1. The normalized spacial score (nSPS) is 23.1. The molecule has 1 heterocycles. The van der Waals surface area contributed by atoms with Crippen molar-refractivity contribution in [3.05, 3.63) is 0 Å². The van der Waals surface area contributed by atoms with Gasteiger partial charge in [0.2, 0.25) is 0 Å². The summed E-state index contributed by atoms with van der Waals surface area (Å²) in [6, 6.07) is -1.90. The van der Waals surface area contributed by atoms with Crippen LogP contribution in [0.15, 0.2) is 0 Å². The molecule has 0 saturated carbocycles. The average Bonchev–Trinajstić information content (AvgIpc) is 2.35. The number of carbonyl (C=O) groups excluding carboxylic acids is 2. The van der Waals surface area contributed by atoms with E-state index in [-0.39, 0.29) is 4.90 Å². The molecule has 1 aliphatic heterocycles. The number of hydrogen-bond donors (Lipinski definition) is 1. The van der Waals surface area contributed by atoms with E-state index in [0.29, 0.717) is 0 Å². The summed E-state index contributed by atoms with van der Waals surface area (Å²) in [5.74, 6) is -7.38. The van der Waals surface area contributed by atoms with E-state index in [4.69, 9.17) is 9.84 Å². The van der Waals surface area contributed by atoms with Gasteiger partial charge in [0.25, 0.3) is 0 Å². The molecule has 18 heavy (non-hydrogen) atoms. The standard InChI is InChI=1S/C10H13F2NO5/c1-9(2,3)18-8(17)13-5(6(14)15)4-10(11,12)7(13)16/h5H,4H2,1-3H3,(H,14,15). The van der Waals surface area contributed by atoms with Gasteiger partial charge in [0.1, 0.15) is 11.6 Å². The maximum absolute atomic E-state index is 13.1. The van der Waals surface area contributed by atoms with Crippen molar-refractivity contribution in [3.8, 4) is 0 Å². The third-order valence-corrected chi connectivity index (χ3v) is 2.17. The van der Waals surface area contributed by atoms with Crippen LogP contribution in [0.25, 0.3) is 0 Å². The molecular weight excluding hydrogens is 252 g/mol. The average molecular weight is 265 g/mol. The summed E-state index contributed by atoms with van der Waals surface area (Å²) in [6.07, 6.45) is -2.61. The van der Waals surface area contributed by atoms with E-state index >= 15 is 0 Å². The lowest BCUT2D eigenvalue weighted by atomic mass is 10.2. The summed E-state index contributed by atoms with van der Waals surface area (Å²) in [7, 11) is 0. The Hall–Kier alpha value is -1.73. The van der Waals surface area contributed by atoms with Crippen LogP contribution in [0.5, 0.6) is 0 Å². The zero-order valence-electron chi connectivity index (χ0n) is 10.1. The Bertz CT molecular complexity index is 402. The van der Waals surface area contributed by atoms with Crippen LogP contribution in [0.2, 0.25) is 0 Å². The molecule has 8 heteroatoms. The molecule has 0 aromatic heterocycles. The van der Waals surface area contributed by atoms with E-state index in [1.54, 1.807) is 0 Å². The van der Waals surface area contributed by atoms with Gasteiger partial charge in [-0.25, -0.2) is 14.5 Å². The van der Waals surface area contributed by atoms with Gasteiger partial charge < -0.3 is 9.84 Å². The number of imide groups is 1. The molecule has 6 nitrogen and oxygen atoms in total. The van der Waals surface area contributed by atoms with Gasteiger partial charge in [-0.2, -0.15) is 8.78 Å². The number of hydrogen-bond acceptors (Lipinski definition) is 4. The fourth-order valence-corrected chi connectivity index (χ4v) is 1.46. The van der Waals surface area contributed by atoms with Crippen molar-refractivity contribution in [1.82, 2.24) is 4.90 Å². The molecule has 1 saturated heterocycles. The van der Waals surface area contributed by atoms with E-state index < -0.39 is 42.0 Å². The van der Waals surface area contributed by atoms with Crippen molar-refractivity contribution < 1.29 is 33.0 Å². The van der Waals surface area contributed by atoms with Crippen LogP contribution < -0.4 is 0 Å². The fourth-order valence-electron chi connectivity index (χ4n) is 1.46. The molecule has 0 spiro atoms. The molecular formula is C10H13F2NO5. The molecule has 102 valence electrons. The van der Waals surface area contributed by atoms with Crippen molar-refractivity contribution in [2.45, 2.75) is 44.8 Å². The summed E-state index contributed by atoms with van der Waals surface area (Å²) in [5, 5.41) is 8.75.